The first-order valence-electron chi connectivity index (χ1n) is 29.0. The van der Waals surface area contributed by atoms with Gasteiger partial charge < -0.3 is 49.1 Å². The van der Waals surface area contributed by atoms with Crippen molar-refractivity contribution in [1.29, 1.82) is 0 Å². The Labute approximate surface area is 487 Å². The topological polar surface area (TPSA) is 233 Å². The minimum atomic E-state index is -0.934. The molecule has 1 unspecified atom stereocenters. The van der Waals surface area contributed by atoms with Gasteiger partial charge in [0.25, 0.3) is 0 Å². The number of esters is 4. The summed E-state index contributed by atoms with van der Waals surface area (Å²) in [4.78, 5) is 103. The van der Waals surface area contributed by atoms with Gasteiger partial charge in [0.2, 0.25) is 11.8 Å². The fourth-order valence-corrected chi connectivity index (χ4v) is 9.55. The molecule has 1 aliphatic carbocycles. The molecule has 2 aromatic rings. The third kappa shape index (κ3) is 26.7. The molecule has 3 N–H and O–H groups in total. The Bertz CT molecular complexity index is 2280. The van der Waals surface area contributed by atoms with Crippen LogP contribution < -0.4 is 16.0 Å². The Morgan fingerprint density at radius 1 is 0.549 bits per heavy atom. The summed E-state index contributed by atoms with van der Waals surface area (Å²) in [5.41, 5.74) is 1.29. The van der Waals surface area contributed by atoms with Crippen molar-refractivity contribution in [2.75, 3.05) is 119 Å². The van der Waals surface area contributed by atoms with Gasteiger partial charge >= 0.3 is 30.0 Å². The van der Waals surface area contributed by atoms with E-state index in [-0.39, 0.29) is 90.1 Å². The fraction of sp³-hybridized carbons (Fsp3) is 0.689. The average molecular weight is 1150 g/mol. The molecule has 0 spiro atoms. The highest BCUT2D eigenvalue weighted by Gasteiger charge is 2.34. The molecule has 2 atom stereocenters. The van der Waals surface area contributed by atoms with E-state index >= 15 is 0 Å². The van der Waals surface area contributed by atoms with Gasteiger partial charge in [-0.05, 0) is 131 Å². The number of unbranched alkanes of at least 4 members (excludes halogenated alkanes) is 1. The van der Waals surface area contributed by atoms with E-state index in [4.69, 9.17) is 33.2 Å². The molecule has 0 bridgehead atoms. The van der Waals surface area contributed by atoms with E-state index in [1.54, 1.807) is 90.2 Å². The number of benzene rings is 2. The number of amides is 3. The van der Waals surface area contributed by atoms with Gasteiger partial charge in [-0.1, -0.05) is 48.5 Å². The molecule has 21 heteroatoms. The molecule has 1 heterocycles. The Morgan fingerprint density at radius 2 is 1.01 bits per heavy atom. The maximum atomic E-state index is 14.3. The predicted molar refractivity (Wildman–Crippen MR) is 312 cm³/mol. The maximum Gasteiger partial charge on any atom is 0.407 e. The Kier molecular flexibility index (Phi) is 27.6. The van der Waals surface area contributed by atoms with Gasteiger partial charge in [0.15, 0.2) is 0 Å². The minimum Gasteiger partial charge on any atom is -0.459 e. The van der Waals surface area contributed by atoms with Gasteiger partial charge in [0.05, 0.1) is 39.5 Å². The lowest BCUT2D eigenvalue weighted by Crippen LogP contribution is -2.53. The van der Waals surface area contributed by atoms with Crippen LogP contribution in [0.15, 0.2) is 48.5 Å². The highest BCUT2D eigenvalue weighted by molar-refractivity contribution is 5.86. The zero-order valence-corrected chi connectivity index (χ0v) is 51.4. The number of fused-ring (bicyclic) bond motifs is 3. The smallest absolute Gasteiger partial charge is 0.407 e. The number of hydrogen-bond donors (Lipinski definition) is 3. The average Bonchev–Trinajstić information content (AvgIpc) is 3.39. The number of carbonyl (C=O) groups excluding carboxylic acids is 7. The second-order valence-corrected chi connectivity index (χ2v) is 25.0. The zero-order valence-electron chi connectivity index (χ0n) is 51.4. The number of nitrogens with zero attached hydrogens (tertiary/aromatic N) is 4. The van der Waals surface area contributed by atoms with Gasteiger partial charge in [-0.2, -0.15) is 0 Å². The van der Waals surface area contributed by atoms with Crippen LogP contribution in [-0.2, 0) is 61.9 Å². The molecule has 2 aliphatic rings. The maximum absolute atomic E-state index is 14.3. The standard InChI is InChI=1S/C61H97N7O14/c1-58(2,3)79-52(70)40-65-29-31-66(41-53(71)80-59(4,5)6)33-35-68(36-34-67(32-30-65)42-54(72)81-60(7,8)9)50(56(74)82-61(10,11)12)25-26-51(69)62-27-19-18-24-49(55(73)63-28-37-77-39-38-76-13)64-57(75)78-43-48-46-22-16-14-20-44(46)45-21-15-17-23-47(45)48/h14-17,20-23,48-50H,18-19,24-43H2,1-13H3,(H,62,69)(H,63,73)(H,64,75)/t49-,50?/m1/s1. The van der Waals surface area contributed by atoms with Crippen LogP contribution in [0.3, 0.4) is 0 Å². The van der Waals surface area contributed by atoms with Crippen LogP contribution in [0.2, 0.25) is 0 Å². The molecule has 1 fully saturated rings. The molecular formula is C61H97N7O14. The summed E-state index contributed by atoms with van der Waals surface area (Å²) in [5, 5.41) is 8.60. The van der Waals surface area contributed by atoms with Crippen molar-refractivity contribution in [2.45, 2.75) is 156 Å². The van der Waals surface area contributed by atoms with E-state index in [9.17, 15) is 33.6 Å². The van der Waals surface area contributed by atoms with E-state index in [1.807, 2.05) is 56.0 Å². The quantitative estimate of drug-likeness (QED) is 0.0583. The summed E-state index contributed by atoms with van der Waals surface area (Å²) in [6.07, 6.45) is 0.508. The number of alkyl carbamates (subject to hydrolysis) is 1. The number of rotatable bonds is 26. The molecule has 2 aromatic carbocycles. The lowest BCUT2D eigenvalue weighted by atomic mass is 9.98. The molecule has 3 amide bonds. The predicted octanol–water partition coefficient (Wildman–Crippen LogP) is 5.70. The number of ether oxygens (including phenoxy) is 7. The molecule has 21 nitrogen and oxygen atoms in total. The molecule has 0 saturated carbocycles. The molecule has 82 heavy (non-hydrogen) atoms. The van der Waals surface area contributed by atoms with Crippen LogP contribution in [0, 0.1) is 0 Å². The molecular weight excluding hydrogens is 1050 g/mol. The zero-order chi connectivity index (χ0) is 60.7. The third-order valence-electron chi connectivity index (χ3n) is 13.1. The first-order chi connectivity index (χ1) is 38.5. The van der Waals surface area contributed by atoms with Crippen LogP contribution in [0.25, 0.3) is 11.1 Å². The van der Waals surface area contributed by atoms with Gasteiger partial charge in [0.1, 0.15) is 41.1 Å². The Hall–Kier alpha value is -5.71. The van der Waals surface area contributed by atoms with Crippen LogP contribution in [-0.4, -0.2) is 214 Å². The van der Waals surface area contributed by atoms with E-state index in [2.05, 4.69) is 28.1 Å². The second-order valence-electron chi connectivity index (χ2n) is 25.0. The van der Waals surface area contributed by atoms with Crippen LogP contribution in [0.4, 0.5) is 4.79 Å². The van der Waals surface area contributed by atoms with Crippen molar-refractivity contribution in [1.82, 2.24) is 35.6 Å². The van der Waals surface area contributed by atoms with Gasteiger partial charge in [-0.15, -0.1) is 0 Å². The highest BCUT2D eigenvalue weighted by atomic mass is 16.6. The molecule has 4 rings (SSSR count). The normalized spacial score (nSPS) is 16.3. The van der Waals surface area contributed by atoms with Crippen LogP contribution in [0.5, 0.6) is 0 Å². The number of hydrogen-bond acceptors (Lipinski definition) is 18. The van der Waals surface area contributed by atoms with Crippen LogP contribution in [0.1, 0.15) is 132 Å². The van der Waals surface area contributed by atoms with Crippen LogP contribution >= 0.6 is 0 Å². The van der Waals surface area contributed by atoms with E-state index < -0.39 is 70.4 Å². The van der Waals surface area contributed by atoms with Crippen molar-refractivity contribution in [3.63, 3.8) is 0 Å². The summed E-state index contributed by atoms with van der Waals surface area (Å²) < 4.78 is 39.5. The van der Waals surface area contributed by atoms with Gasteiger partial charge in [-0.25, -0.2) is 4.79 Å². The lowest BCUT2D eigenvalue weighted by molar-refractivity contribution is -0.163. The summed E-state index contributed by atoms with van der Waals surface area (Å²) in [6, 6.07) is 14.2. The van der Waals surface area contributed by atoms with E-state index in [0.29, 0.717) is 65.3 Å². The summed E-state index contributed by atoms with van der Waals surface area (Å²) in [5.74, 6) is -2.66. The Morgan fingerprint density at radius 3 is 1.48 bits per heavy atom. The lowest BCUT2D eigenvalue weighted by Gasteiger charge is -2.37. The highest BCUT2D eigenvalue weighted by Crippen LogP contribution is 2.44. The third-order valence-corrected chi connectivity index (χ3v) is 13.1. The van der Waals surface area contributed by atoms with E-state index in [0.717, 1.165) is 22.3 Å². The number of nitrogens with one attached hydrogen (secondary N) is 3. The Balaban J connectivity index is 1.47. The summed E-state index contributed by atoms with van der Waals surface area (Å²) >= 11 is 0. The van der Waals surface area contributed by atoms with Crippen molar-refractivity contribution < 1.29 is 66.7 Å². The molecule has 0 aromatic heterocycles. The summed E-state index contributed by atoms with van der Waals surface area (Å²) in [7, 11) is 1.57. The van der Waals surface area contributed by atoms with Crippen molar-refractivity contribution in [3.8, 4) is 11.1 Å². The van der Waals surface area contributed by atoms with Crippen molar-refractivity contribution in [3.05, 3.63) is 59.7 Å². The molecule has 1 aliphatic heterocycles. The largest absolute Gasteiger partial charge is 0.459 e. The summed E-state index contributed by atoms with van der Waals surface area (Å²) in [6.45, 7) is 25.6. The molecule has 0 radical (unpaired) electrons. The monoisotopic (exact) mass is 1150 g/mol. The van der Waals surface area contributed by atoms with Crippen molar-refractivity contribution >= 4 is 41.8 Å². The minimum absolute atomic E-state index is 0.0161. The van der Waals surface area contributed by atoms with E-state index in [1.165, 1.54) is 0 Å². The first-order valence-corrected chi connectivity index (χ1v) is 29.0. The van der Waals surface area contributed by atoms with Gasteiger partial charge in [0, 0.05) is 84.9 Å². The number of methoxy groups -OCH3 is 1. The SMILES string of the molecule is COCCOCCNC(=O)[C@@H](CCCCNC(=O)CCC(C(=O)OC(C)(C)C)N1CCN(CC(=O)OC(C)(C)C)CCN(CC(=O)OC(C)(C)C)CCN(CC(=O)OC(C)(C)C)CC1)NC(=O)OCC1c2ccccc2-c2ccccc21. The molecule has 460 valence electrons. The fourth-order valence-electron chi connectivity index (χ4n) is 9.55. The molecule has 1 saturated heterocycles. The first kappa shape index (κ1) is 68.8. The number of carbonyl (C=O) groups is 7. The second kappa shape index (κ2) is 33.0. The van der Waals surface area contributed by atoms with Gasteiger partial charge in [-0.3, -0.25) is 48.4 Å². The van der Waals surface area contributed by atoms with Crippen molar-refractivity contribution in [2.24, 2.45) is 0 Å².